The topological polar surface area (TPSA) is 59.6 Å². The van der Waals surface area contributed by atoms with Crippen LogP contribution in [0.25, 0.3) is 0 Å². The highest BCUT2D eigenvalue weighted by atomic mass is 16.5. The molecule has 1 heterocycles. The molecule has 1 unspecified atom stereocenters. The van der Waals surface area contributed by atoms with Crippen molar-refractivity contribution in [3.05, 3.63) is 54.1 Å². The Kier molecular flexibility index (Phi) is 3.77. The van der Waals surface area contributed by atoms with Crippen LogP contribution in [0.15, 0.2) is 53.5 Å². The van der Waals surface area contributed by atoms with Crippen molar-refractivity contribution < 1.29 is 4.74 Å². The van der Waals surface area contributed by atoms with Crippen molar-refractivity contribution in [2.75, 3.05) is 11.1 Å². The lowest BCUT2D eigenvalue weighted by molar-refractivity contribution is 0.258. The SMILES string of the molecule is CCC1Oc2ccc(N)cc2NC1=NCc1ccccc1. The normalized spacial score (nSPS) is 18.7. The van der Waals surface area contributed by atoms with Crippen LogP contribution in [0.4, 0.5) is 11.4 Å². The van der Waals surface area contributed by atoms with Gasteiger partial charge in [-0.25, -0.2) is 0 Å². The van der Waals surface area contributed by atoms with Gasteiger partial charge in [0.2, 0.25) is 0 Å². The molecule has 1 aliphatic rings. The minimum absolute atomic E-state index is 0.0372. The van der Waals surface area contributed by atoms with Gasteiger partial charge in [0.05, 0.1) is 12.2 Å². The Hall–Kier alpha value is -2.49. The maximum Gasteiger partial charge on any atom is 0.155 e. The largest absolute Gasteiger partial charge is 0.480 e. The second-order valence-corrected chi connectivity index (χ2v) is 5.08. The van der Waals surface area contributed by atoms with Crippen LogP contribution in [0.3, 0.4) is 0 Å². The monoisotopic (exact) mass is 281 g/mol. The number of rotatable bonds is 3. The third kappa shape index (κ3) is 2.99. The number of hydrogen-bond donors (Lipinski definition) is 2. The molecule has 0 spiro atoms. The van der Waals surface area contributed by atoms with Crippen LogP contribution >= 0.6 is 0 Å². The quantitative estimate of drug-likeness (QED) is 0.847. The molecule has 1 atom stereocenters. The van der Waals surface area contributed by atoms with Gasteiger partial charge < -0.3 is 15.8 Å². The van der Waals surface area contributed by atoms with Gasteiger partial charge in [-0.05, 0) is 30.2 Å². The summed E-state index contributed by atoms with van der Waals surface area (Å²) in [6.07, 6.45) is 0.828. The van der Waals surface area contributed by atoms with E-state index < -0.39 is 0 Å². The van der Waals surface area contributed by atoms with E-state index in [1.54, 1.807) is 0 Å². The highest BCUT2D eigenvalue weighted by molar-refractivity contribution is 6.02. The number of fused-ring (bicyclic) bond motifs is 1. The first kappa shape index (κ1) is 13.5. The van der Waals surface area contributed by atoms with Gasteiger partial charge in [0.1, 0.15) is 11.6 Å². The fraction of sp³-hybridized carbons (Fsp3) is 0.235. The molecule has 3 N–H and O–H groups in total. The lowest BCUT2D eigenvalue weighted by Gasteiger charge is -2.28. The van der Waals surface area contributed by atoms with E-state index in [0.29, 0.717) is 12.2 Å². The molecule has 3 rings (SSSR count). The Morgan fingerprint density at radius 3 is 2.76 bits per heavy atom. The molecule has 0 amide bonds. The highest BCUT2D eigenvalue weighted by Crippen LogP contribution is 2.32. The number of nitrogens with one attached hydrogen (secondary N) is 1. The molecular formula is C17H19N3O. The molecule has 4 heteroatoms. The third-order valence-corrected chi connectivity index (χ3v) is 3.49. The van der Waals surface area contributed by atoms with Crippen molar-refractivity contribution in [3.8, 4) is 5.75 Å². The number of benzene rings is 2. The molecular weight excluding hydrogens is 262 g/mol. The number of nitrogens with two attached hydrogens (primary N) is 1. The summed E-state index contributed by atoms with van der Waals surface area (Å²) >= 11 is 0. The molecule has 0 fully saturated rings. The van der Waals surface area contributed by atoms with E-state index in [0.717, 1.165) is 23.7 Å². The van der Waals surface area contributed by atoms with Crippen LogP contribution in [0.1, 0.15) is 18.9 Å². The molecule has 0 radical (unpaired) electrons. The van der Waals surface area contributed by atoms with E-state index in [1.807, 2.05) is 36.4 Å². The van der Waals surface area contributed by atoms with Gasteiger partial charge in [0.15, 0.2) is 6.10 Å². The Morgan fingerprint density at radius 2 is 2.00 bits per heavy atom. The van der Waals surface area contributed by atoms with Gasteiger partial charge in [0, 0.05) is 5.69 Å². The van der Waals surface area contributed by atoms with Crippen LogP contribution in [0.2, 0.25) is 0 Å². The molecule has 0 bridgehead atoms. The van der Waals surface area contributed by atoms with Crippen molar-refractivity contribution in [2.24, 2.45) is 4.99 Å². The number of nitrogens with zero attached hydrogens (tertiary/aromatic N) is 1. The standard InChI is InChI=1S/C17H19N3O/c1-2-15-17(19-11-12-6-4-3-5-7-12)20-14-10-13(18)8-9-16(14)21-15/h3-10,15H,2,11,18H2,1H3,(H,19,20). The second-order valence-electron chi connectivity index (χ2n) is 5.08. The van der Waals surface area contributed by atoms with Gasteiger partial charge in [-0.2, -0.15) is 0 Å². The fourth-order valence-electron chi connectivity index (χ4n) is 2.35. The minimum Gasteiger partial charge on any atom is -0.480 e. The van der Waals surface area contributed by atoms with Gasteiger partial charge in [-0.3, -0.25) is 4.99 Å². The van der Waals surface area contributed by atoms with E-state index in [2.05, 4.69) is 29.4 Å². The van der Waals surface area contributed by atoms with Gasteiger partial charge in [-0.15, -0.1) is 0 Å². The number of hydrogen-bond acceptors (Lipinski definition) is 3. The predicted octanol–water partition coefficient (Wildman–Crippen LogP) is 3.45. The number of nitrogen functional groups attached to an aromatic ring is 1. The average Bonchev–Trinajstić information content (AvgIpc) is 2.53. The van der Waals surface area contributed by atoms with E-state index in [1.165, 1.54) is 5.56 Å². The number of ether oxygens (including phenoxy) is 1. The summed E-state index contributed by atoms with van der Waals surface area (Å²) in [6.45, 7) is 2.73. The van der Waals surface area contributed by atoms with Crippen LogP contribution in [0, 0.1) is 0 Å². The summed E-state index contributed by atoms with van der Waals surface area (Å²) in [4.78, 5) is 4.67. The summed E-state index contributed by atoms with van der Waals surface area (Å²) in [5.41, 5.74) is 8.60. The van der Waals surface area contributed by atoms with Crippen molar-refractivity contribution in [1.29, 1.82) is 0 Å². The zero-order valence-corrected chi connectivity index (χ0v) is 12.0. The summed E-state index contributed by atoms with van der Waals surface area (Å²) in [5.74, 6) is 1.69. The Bertz CT molecular complexity index is 652. The van der Waals surface area contributed by atoms with Gasteiger partial charge >= 0.3 is 0 Å². The smallest absolute Gasteiger partial charge is 0.155 e. The minimum atomic E-state index is -0.0372. The molecule has 0 aliphatic carbocycles. The number of anilines is 2. The summed E-state index contributed by atoms with van der Waals surface area (Å²) < 4.78 is 5.99. The zero-order chi connectivity index (χ0) is 14.7. The van der Waals surface area contributed by atoms with Crippen molar-refractivity contribution >= 4 is 17.2 Å². The molecule has 2 aromatic carbocycles. The Balaban J connectivity index is 1.84. The van der Waals surface area contributed by atoms with E-state index in [9.17, 15) is 0 Å². The molecule has 21 heavy (non-hydrogen) atoms. The molecule has 1 aliphatic heterocycles. The Morgan fingerprint density at radius 1 is 1.19 bits per heavy atom. The summed E-state index contributed by atoms with van der Waals surface area (Å²) in [7, 11) is 0. The van der Waals surface area contributed by atoms with Crippen LogP contribution < -0.4 is 15.8 Å². The number of amidine groups is 1. The summed E-state index contributed by atoms with van der Waals surface area (Å²) in [5, 5.41) is 3.35. The van der Waals surface area contributed by atoms with Gasteiger partial charge in [-0.1, -0.05) is 37.3 Å². The van der Waals surface area contributed by atoms with Crippen LogP contribution in [0.5, 0.6) is 5.75 Å². The molecule has 4 nitrogen and oxygen atoms in total. The van der Waals surface area contributed by atoms with Gasteiger partial charge in [0.25, 0.3) is 0 Å². The molecule has 2 aromatic rings. The number of aliphatic imine (C=N–C) groups is 1. The van der Waals surface area contributed by atoms with Crippen LogP contribution in [-0.2, 0) is 6.54 Å². The third-order valence-electron chi connectivity index (χ3n) is 3.49. The van der Waals surface area contributed by atoms with Crippen molar-refractivity contribution in [1.82, 2.24) is 0 Å². The average molecular weight is 281 g/mol. The first-order valence-electron chi connectivity index (χ1n) is 7.17. The lowest BCUT2D eigenvalue weighted by Crippen LogP contribution is -2.36. The summed E-state index contributed by atoms with van der Waals surface area (Å²) in [6, 6.07) is 15.8. The molecule has 0 saturated carbocycles. The molecule has 0 saturated heterocycles. The second kappa shape index (κ2) is 5.87. The first-order valence-corrected chi connectivity index (χ1v) is 7.17. The van der Waals surface area contributed by atoms with E-state index >= 15 is 0 Å². The van der Waals surface area contributed by atoms with Crippen molar-refractivity contribution in [2.45, 2.75) is 26.0 Å². The zero-order valence-electron chi connectivity index (χ0n) is 12.0. The first-order chi connectivity index (χ1) is 10.3. The maximum absolute atomic E-state index is 5.99. The fourth-order valence-corrected chi connectivity index (χ4v) is 2.35. The molecule has 108 valence electrons. The van der Waals surface area contributed by atoms with Crippen molar-refractivity contribution in [3.63, 3.8) is 0 Å². The van der Waals surface area contributed by atoms with E-state index in [-0.39, 0.29) is 6.10 Å². The maximum atomic E-state index is 5.99. The van der Waals surface area contributed by atoms with Crippen LogP contribution in [-0.4, -0.2) is 11.9 Å². The predicted molar refractivity (Wildman–Crippen MR) is 86.8 cm³/mol. The highest BCUT2D eigenvalue weighted by Gasteiger charge is 2.24. The molecule has 0 aromatic heterocycles. The lowest BCUT2D eigenvalue weighted by atomic mass is 10.1. The van der Waals surface area contributed by atoms with E-state index in [4.69, 9.17) is 10.5 Å². The Labute approximate surface area is 124 Å².